The molecule has 0 saturated carbocycles. The van der Waals surface area contributed by atoms with Gasteiger partial charge in [-0.3, -0.25) is 4.90 Å². The minimum Gasteiger partial charge on any atom is -0.378 e. The van der Waals surface area contributed by atoms with E-state index in [2.05, 4.69) is 4.90 Å². The predicted octanol–water partition coefficient (Wildman–Crippen LogP) is 3.56. The number of nitrogens with zero attached hydrogens (tertiary/aromatic N) is 1. The van der Waals surface area contributed by atoms with Gasteiger partial charge < -0.3 is 42.5 Å². The monoisotopic (exact) mass is 653 g/mol. The second-order valence-electron chi connectivity index (χ2n) is 11.5. The van der Waals surface area contributed by atoms with Crippen molar-refractivity contribution < 1.29 is 42.5 Å². The molecule has 0 radical (unpaired) electrons. The smallest absolute Gasteiger partial charge is 0.186 e. The Morgan fingerprint density at radius 3 is 1.83 bits per heavy atom. The van der Waals surface area contributed by atoms with Crippen LogP contribution in [0.2, 0.25) is 0 Å². The maximum Gasteiger partial charge on any atom is 0.186 e. The zero-order valence-electron chi connectivity index (χ0n) is 26.3. The Bertz CT molecular complexity index is 1320. The average Bonchev–Trinajstić information content (AvgIpc) is 3.12. The highest BCUT2D eigenvalue weighted by Crippen LogP contribution is 2.44. The van der Waals surface area contributed by atoms with E-state index in [1.165, 1.54) is 0 Å². The third-order valence-corrected chi connectivity index (χ3v) is 11.6. The standard InChI is InChI=1S/C35H44NO9P/c1-38-35-33-32(31-30(44-35)25-43-34(45-31)27-11-5-2-6-12-27)41-23-21-39-19-17-36(18-20-40-22-24-42-33)26-46(37,28-13-7-3-8-14-28)29-15-9-4-10-16-29/h2-16,30-35H,17-26H2,1H3/t30-,31-,32+,33-,34?,35+/m1/s1. The highest BCUT2D eigenvalue weighted by atomic mass is 31.2. The summed E-state index contributed by atoms with van der Waals surface area (Å²) in [6.45, 7) is 3.80. The molecule has 46 heavy (non-hydrogen) atoms. The van der Waals surface area contributed by atoms with Gasteiger partial charge in [-0.15, -0.1) is 0 Å². The Labute approximate surface area is 271 Å². The van der Waals surface area contributed by atoms with E-state index >= 15 is 0 Å². The third kappa shape index (κ3) is 8.14. The molecule has 3 fully saturated rings. The van der Waals surface area contributed by atoms with Gasteiger partial charge in [0.25, 0.3) is 0 Å². The molecule has 248 valence electrons. The normalized spacial score (nSPS) is 29.1. The van der Waals surface area contributed by atoms with Crippen molar-refractivity contribution in [3.63, 3.8) is 0 Å². The van der Waals surface area contributed by atoms with Gasteiger partial charge in [-0.1, -0.05) is 91.0 Å². The summed E-state index contributed by atoms with van der Waals surface area (Å²) in [5.41, 5.74) is 0.926. The molecule has 3 aliphatic heterocycles. The van der Waals surface area contributed by atoms with Gasteiger partial charge in [-0.05, 0) is 0 Å². The Morgan fingerprint density at radius 2 is 1.24 bits per heavy atom. The molecule has 6 atom stereocenters. The van der Waals surface area contributed by atoms with Crippen molar-refractivity contribution >= 4 is 17.8 Å². The zero-order chi connectivity index (χ0) is 31.6. The van der Waals surface area contributed by atoms with Crippen molar-refractivity contribution in [2.45, 2.75) is 37.0 Å². The van der Waals surface area contributed by atoms with E-state index in [1.54, 1.807) is 7.11 Å². The number of fused-ring (bicyclic) bond motifs is 3. The fraction of sp³-hybridized carbons (Fsp3) is 0.486. The van der Waals surface area contributed by atoms with Gasteiger partial charge in [-0.2, -0.15) is 0 Å². The molecule has 3 aromatic carbocycles. The molecule has 11 heteroatoms. The molecular weight excluding hydrogens is 609 g/mol. The lowest BCUT2D eigenvalue weighted by Gasteiger charge is -2.48. The van der Waals surface area contributed by atoms with E-state index in [9.17, 15) is 4.57 Å². The van der Waals surface area contributed by atoms with Crippen LogP contribution in [-0.4, -0.2) is 108 Å². The van der Waals surface area contributed by atoms with Gasteiger partial charge in [0.05, 0.1) is 52.5 Å². The predicted molar refractivity (Wildman–Crippen MR) is 173 cm³/mol. The van der Waals surface area contributed by atoms with E-state index in [4.69, 9.17) is 37.9 Å². The number of methoxy groups -OCH3 is 1. The lowest BCUT2D eigenvalue weighted by molar-refractivity contribution is -0.368. The fourth-order valence-electron chi connectivity index (χ4n) is 6.14. The van der Waals surface area contributed by atoms with Gasteiger partial charge in [0.2, 0.25) is 0 Å². The maximum atomic E-state index is 14.7. The zero-order valence-corrected chi connectivity index (χ0v) is 27.2. The molecule has 0 aliphatic carbocycles. The van der Waals surface area contributed by atoms with Gasteiger partial charge in [0.1, 0.15) is 24.4 Å². The molecule has 3 aliphatic rings. The van der Waals surface area contributed by atoms with Crippen LogP contribution in [0.4, 0.5) is 0 Å². The van der Waals surface area contributed by atoms with E-state index in [0.717, 1.165) is 16.2 Å². The Kier molecular flexibility index (Phi) is 12.0. The summed E-state index contributed by atoms with van der Waals surface area (Å²) < 4.78 is 64.0. The van der Waals surface area contributed by atoms with Crippen LogP contribution in [0.25, 0.3) is 0 Å². The second-order valence-corrected chi connectivity index (χ2v) is 14.3. The first-order chi connectivity index (χ1) is 22.7. The van der Waals surface area contributed by atoms with Crippen molar-refractivity contribution in [1.82, 2.24) is 4.90 Å². The Morgan fingerprint density at radius 1 is 0.674 bits per heavy atom. The number of hydrogen-bond donors (Lipinski definition) is 0. The van der Waals surface area contributed by atoms with Crippen LogP contribution in [0.3, 0.4) is 0 Å². The molecule has 6 rings (SSSR count). The fourth-order valence-corrected chi connectivity index (χ4v) is 8.92. The van der Waals surface area contributed by atoms with Gasteiger partial charge in [-0.25, -0.2) is 0 Å². The Hall–Kier alpha value is -2.47. The van der Waals surface area contributed by atoms with E-state index in [0.29, 0.717) is 65.6 Å². The molecular formula is C35H44NO9P. The van der Waals surface area contributed by atoms with Crippen LogP contribution in [0.5, 0.6) is 0 Å². The van der Waals surface area contributed by atoms with Crippen LogP contribution in [0.1, 0.15) is 11.9 Å². The number of rotatable bonds is 6. The highest BCUT2D eigenvalue weighted by molar-refractivity contribution is 7.78. The summed E-state index contributed by atoms with van der Waals surface area (Å²) in [6.07, 6.45) is -2.67. The molecule has 10 nitrogen and oxygen atoms in total. The summed E-state index contributed by atoms with van der Waals surface area (Å²) in [6, 6.07) is 29.3. The van der Waals surface area contributed by atoms with Gasteiger partial charge in [0, 0.05) is 36.4 Å². The quantitative estimate of drug-likeness (QED) is 0.368. The van der Waals surface area contributed by atoms with Crippen LogP contribution in [0, 0.1) is 0 Å². The van der Waals surface area contributed by atoms with Gasteiger partial charge >= 0.3 is 0 Å². The lowest BCUT2D eigenvalue weighted by Crippen LogP contribution is -2.63. The molecule has 0 aromatic heterocycles. The van der Waals surface area contributed by atoms with E-state index in [-0.39, 0.29) is 6.10 Å². The molecule has 0 bridgehead atoms. The second kappa shape index (κ2) is 16.6. The summed E-state index contributed by atoms with van der Waals surface area (Å²) in [4.78, 5) is 2.17. The Balaban J connectivity index is 1.13. The van der Waals surface area contributed by atoms with Crippen molar-refractivity contribution in [1.29, 1.82) is 0 Å². The van der Waals surface area contributed by atoms with E-state index in [1.807, 2.05) is 91.0 Å². The summed E-state index contributed by atoms with van der Waals surface area (Å²) in [5, 5.41) is 1.67. The van der Waals surface area contributed by atoms with Crippen molar-refractivity contribution in [2.24, 2.45) is 0 Å². The molecule has 3 aromatic rings. The highest BCUT2D eigenvalue weighted by Gasteiger charge is 2.51. The molecule has 0 N–H and O–H groups in total. The van der Waals surface area contributed by atoms with E-state index < -0.39 is 38.0 Å². The van der Waals surface area contributed by atoms with Crippen LogP contribution < -0.4 is 10.6 Å². The molecule has 1 unspecified atom stereocenters. The van der Waals surface area contributed by atoms with Crippen molar-refractivity contribution in [3.8, 4) is 0 Å². The van der Waals surface area contributed by atoms with Crippen LogP contribution in [0.15, 0.2) is 91.0 Å². The number of hydrogen-bond acceptors (Lipinski definition) is 10. The van der Waals surface area contributed by atoms with Crippen LogP contribution >= 0.6 is 7.14 Å². The first-order valence-electron chi connectivity index (χ1n) is 16.0. The number of ether oxygens (including phenoxy) is 8. The first kappa shape index (κ1) is 33.4. The van der Waals surface area contributed by atoms with Crippen LogP contribution in [-0.2, 0) is 42.5 Å². The summed E-state index contributed by atoms with van der Waals surface area (Å²) in [7, 11) is -1.36. The summed E-state index contributed by atoms with van der Waals surface area (Å²) in [5.74, 6) is 0. The largest absolute Gasteiger partial charge is 0.378 e. The summed E-state index contributed by atoms with van der Waals surface area (Å²) >= 11 is 0. The average molecular weight is 654 g/mol. The SMILES string of the molecule is CO[C@H]1O[C@@H]2COC(c3ccccc3)O[C@H]2[C@@H]2OCCOCCN(CP(=O)(c3ccccc3)c3ccccc3)CCOCCO[C@@H]12. The molecule has 3 saturated heterocycles. The minimum atomic E-state index is -2.95. The van der Waals surface area contributed by atoms with Crippen molar-refractivity contribution in [2.75, 3.05) is 72.7 Å². The topological polar surface area (TPSA) is 94.2 Å². The molecule has 0 spiro atoms. The van der Waals surface area contributed by atoms with Crippen molar-refractivity contribution in [3.05, 3.63) is 96.6 Å². The minimum absolute atomic E-state index is 0.312. The first-order valence-corrected chi connectivity index (χ1v) is 17.9. The number of benzene rings is 3. The maximum absolute atomic E-state index is 14.7. The molecule has 0 amide bonds. The van der Waals surface area contributed by atoms with Gasteiger partial charge in [0.15, 0.2) is 19.7 Å². The third-order valence-electron chi connectivity index (χ3n) is 8.51. The lowest BCUT2D eigenvalue weighted by atomic mass is 9.97. The molecule has 3 heterocycles.